The highest BCUT2D eigenvalue weighted by Gasteiger charge is 2.05. The third-order valence-corrected chi connectivity index (χ3v) is 0.870. The van der Waals surface area contributed by atoms with Gasteiger partial charge < -0.3 is 9.52 Å². The Morgan fingerprint density at radius 2 is 2.08 bits per heavy atom. The SMILES string of the molecule is CC.Cc1nnc(CC(=O)O)o1. The van der Waals surface area contributed by atoms with Crippen molar-refractivity contribution in [3.8, 4) is 0 Å². The fourth-order valence-corrected chi connectivity index (χ4v) is 0.538. The molecule has 0 aliphatic rings. The Bertz CT molecular complexity index is 245. The number of aromatic nitrogens is 2. The molecular weight excluding hydrogens is 160 g/mol. The minimum Gasteiger partial charge on any atom is -0.481 e. The summed E-state index contributed by atoms with van der Waals surface area (Å²) in [6.45, 7) is 5.61. The van der Waals surface area contributed by atoms with Crippen molar-refractivity contribution < 1.29 is 14.3 Å². The Hall–Kier alpha value is -1.39. The van der Waals surface area contributed by atoms with Gasteiger partial charge in [0.15, 0.2) is 0 Å². The van der Waals surface area contributed by atoms with Gasteiger partial charge in [0, 0.05) is 6.92 Å². The van der Waals surface area contributed by atoms with E-state index in [4.69, 9.17) is 9.52 Å². The molecule has 5 heteroatoms. The van der Waals surface area contributed by atoms with Gasteiger partial charge >= 0.3 is 5.97 Å². The molecule has 0 spiro atoms. The number of aryl methyl sites for hydroxylation is 1. The monoisotopic (exact) mass is 172 g/mol. The van der Waals surface area contributed by atoms with Crippen molar-refractivity contribution >= 4 is 5.97 Å². The minimum atomic E-state index is -0.969. The lowest BCUT2D eigenvalue weighted by atomic mass is 10.4. The maximum absolute atomic E-state index is 10.1. The molecule has 0 radical (unpaired) electrons. The number of hydrogen-bond donors (Lipinski definition) is 1. The van der Waals surface area contributed by atoms with E-state index >= 15 is 0 Å². The van der Waals surface area contributed by atoms with E-state index in [9.17, 15) is 4.79 Å². The Balaban J connectivity index is 0.000000561. The lowest BCUT2D eigenvalue weighted by Crippen LogP contribution is -1.99. The fourth-order valence-electron chi connectivity index (χ4n) is 0.538. The van der Waals surface area contributed by atoms with Crippen LogP contribution in [0.15, 0.2) is 4.42 Å². The predicted molar refractivity (Wildman–Crippen MR) is 41.7 cm³/mol. The van der Waals surface area contributed by atoms with Crippen LogP contribution in [0.5, 0.6) is 0 Å². The van der Waals surface area contributed by atoms with Gasteiger partial charge in [-0.1, -0.05) is 13.8 Å². The Kier molecular flexibility index (Phi) is 4.67. The molecular formula is C7H12N2O3. The van der Waals surface area contributed by atoms with Crippen LogP contribution in [0.2, 0.25) is 0 Å². The van der Waals surface area contributed by atoms with Crippen molar-refractivity contribution in [2.24, 2.45) is 0 Å². The van der Waals surface area contributed by atoms with Crippen molar-refractivity contribution in [2.75, 3.05) is 0 Å². The summed E-state index contributed by atoms with van der Waals surface area (Å²) in [6.07, 6.45) is -0.208. The third kappa shape index (κ3) is 3.70. The minimum absolute atomic E-state index is 0.144. The van der Waals surface area contributed by atoms with Crippen LogP contribution in [0.3, 0.4) is 0 Å². The topological polar surface area (TPSA) is 76.2 Å². The smallest absolute Gasteiger partial charge is 0.312 e. The zero-order chi connectivity index (χ0) is 9.56. The standard InChI is InChI=1S/C5H6N2O3.C2H6/c1-3-6-7-4(10-3)2-5(8)9;1-2/h2H2,1H3,(H,8,9);1-2H3. The molecule has 5 nitrogen and oxygen atoms in total. The van der Waals surface area contributed by atoms with E-state index in [0.717, 1.165) is 0 Å². The van der Waals surface area contributed by atoms with Gasteiger partial charge in [0.2, 0.25) is 11.8 Å². The lowest BCUT2D eigenvalue weighted by Gasteiger charge is -1.83. The molecule has 0 atom stereocenters. The summed E-state index contributed by atoms with van der Waals surface area (Å²) in [5, 5.41) is 15.2. The molecule has 0 saturated heterocycles. The zero-order valence-corrected chi connectivity index (χ0v) is 7.37. The second kappa shape index (κ2) is 5.29. The average Bonchev–Trinajstić information content (AvgIpc) is 2.39. The zero-order valence-electron chi connectivity index (χ0n) is 7.37. The molecule has 0 aliphatic heterocycles. The number of carbonyl (C=O) groups is 1. The Morgan fingerprint density at radius 1 is 1.50 bits per heavy atom. The number of carboxylic acid groups (broad SMARTS) is 1. The normalized spacial score (nSPS) is 8.58. The van der Waals surface area contributed by atoms with Gasteiger partial charge in [0.1, 0.15) is 6.42 Å². The molecule has 0 fully saturated rings. The van der Waals surface area contributed by atoms with Gasteiger partial charge in [-0.25, -0.2) is 0 Å². The highest BCUT2D eigenvalue weighted by molar-refractivity contribution is 5.68. The van der Waals surface area contributed by atoms with Crippen LogP contribution >= 0.6 is 0 Å². The van der Waals surface area contributed by atoms with Crippen molar-refractivity contribution in [3.63, 3.8) is 0 Å². The van der Waals surface area contributed by atoms with Gasteiger partial charge in [-0.3, -0.25) is 4.79 Å². The molecule has 0 unspecified atom stereocenters. The van der Waals surface area contributed by atoms with Crippen LogP contribution in [0.4, 0.5) is 0 Å². The summed E-state index contributed by atoms with van der Waals surface area (Å²) in [6, 6.07) is 0. The molecule has 1 aromatic heterocycles. The van der Waals surface area contributed by atoms with Gasteiger partial charge in [0.05, 0.1) is 0 Å². The number of carboxylic acids is 1. The van der Waals surface area contributed by atoms with Crippen LogP contribution in [0.25, 0.3) is 0 Å². The number of nitrogens with zero attached hydrogens (tertiary/aromatic N) is 2. The summed E-state index contributed by atoms with van der Waals surface area (Å²) < 4.78 is 4.79. The molecule has 1 rings (SSSR count). The molecule has 12 heavy (non-hydrogen) atoms. The Morgan fingerprint density at radius 3 is 2.42 bits per heavy atom. The molecule has 1 heterocycles. The third-order valence-electron chi connectivity index (χ3n) is 0.870. The van der Waals surface area contributed by atoms with E-state index in [1.807, 2.05) is 13.8 Å². The molecule has 0 aromatic carbocycles. The molecule has 1 aromatic rings. The molecule has 0 saturated carbocycles. The highest BCUT2D eigenvalue weighted by Crippen LogP contribution is 1.97. The maximum Gasteiger partial charge on any atom is 0.312 e. The molecule has 0 bridgehead atoms. The maximum atomic E-state index is 10.1. The second-order valence-corrected chi connectivity index (χ2v) is 1.79. The van der Waals surface area contributed by atoms with E-state index in [1.165, 1.54) is 0 Å². The van der Waals surface area contributed by atoms with Crippen molar-refractivity contribution in [1.29, 1.82) is 0 Å². The summed E-state index contributed by atoms with van der Waals surface area (Å²) >= 11 is 0. The second-order valence-electron chi connectivity index (χ2n) is 1.79. The Labute approximate surface area is 70.4 Å². The van der Waals surface area contributed by atoms with Crippen molar-refractivity contribution in [1.82, 2.24) is 10.2 Å². The lowest BCUT2D eigenvalue weighted by molar-refractivity contribution is -0.136. The molecule has 68 valence electrons. The molecule has 0 amide bonds. The largest absolute Gasteiger partial charge is 0.481 e. The predicted octanol–water partition coefficient (Wildman–Crippen LogP) is 1.03. The van der Waals surface area contributed by atoms with Gasteiger partial charge in [-0.15, -0.1) is 10.2 Å². The van der Waals surface area contributed by atoms with E-state index < -0.39 is 5.97 Å². The summed E-state index contributed by atoms with van der Waals surface area (Å²) in [4.78, 5) is 10.1. The first-order valence-electron chi connectivity index (χ1n) is 3.69. The van der Waals surface area contributed by atoms with E-state index in [-0.39, 0.29) is 12.3 Å². The number of rotatable bonds is 2. The summed E-state index contributed by atoms with van der Waals surface area (Å²) in [7, 11) is 0. The van der Waals surface area contributed by atoms with Gasteiger partial charge in [-0.05, 0) is 0 Å². The van der Waals surface area contributed by atoms with E-state index in [1.54, 1.807) is 6.92 Å². The highest BCUT2D eigenvalue weighted by atomic mass is 16.4. The summed E-state index contributed by atoms with van der Waals surface area (Å²) in [5.74, 6) is -0.440. The van der Waals surface area contributed by atoms with Gasteiger partial charge in [-0.2, -0.15) is 0 Å². The number of hydrogen-bond acceptors (Lipinski definition) is 4. The quantitative estimate of drug-likeness (QED) is 0.721. The summed E-state index contributed by atoms with van der Waals surface area (Å²) in [5.41, 5.74) is 0. The van der Waals surface area contributed by atoms with Crippen LogP contribution in [-0.2, 0) is 11.2 Å². The first-order valence-corrected chi connectivity index (χ1v) is 3.69. The first-order chi connectivity index (χ1) is 5.68. The molecule has 1 N–H and O–H groups in total. The van der Waals surface area contributed by atoms with Crippen LogP contribution in [0, 0.1) is 6.92 Å². The van der Waals surface area contributed by atoms with Crippen LogP contribution in [-0.4, -0.2) is 21.3 Å². The van der Waals surface area contributed by atoms with E-state index in [0.29, 0.717) is 5.89 Å². The first kappa shape index (κ1) is 10.6. The number of aliphatic carboxylic acids is 1. The fraction of sp³-hybridized carbons (Fsp3) is 0.571. The van der Waals surface area contributed by atoms with Crippen LogP contribution in [0.1, 0.15) is 25.6 Å². The van der Waals surface area contributed by atoms with Crippen molar-refractivity contribution in [3.05, 3.63) is 11.8 Å². The van der Waals surface area contributed by atoms with E-state index in [2.05, 4.69) is 10.2 Å². The van der Waals surface area contributed by atoms with Crippen LogP contribution < -0.4 is 0 Å². The van der Waals surface area contributed by atoms with Gasteiger partial charge in [0.25, 0.3) is 0 Å². The van der Waals surface area contributed by atoms with Crippen molar-refractivity contribution in [2.45, 2.75) is 27.2 Å². The average molecular weight is 172 g/mol. The molecule has 0 aliphatic carbocycles.